The molecule has 4 nitrogen and oxygen atoms in total. The molecule has 0 radical (unpaired) electrons. The summed E-state index contributed by atoms with van der Waals surface area (Å²) >= 11 is 0. The number of carbonyl (C=O) groups excluding carboxylic acids is 1. The van der Waals surface area contributed by atoms with E-state index in [1.165, 1.54) is 0 Å². The molecule has 2 atom stereocenters. The maximum absolute atomic E-state index is 10.8. The van der Waals surface area contributed by atoms with E-state index < -0.39 is 12.0 Å². The number of benzene rings is 1. The lowest BCUT2D eigenvalue weighted by atomic mass is 10.1. The highest BCUT2D eigenvalue weighted by atomic mass is 16.5. The second-order valence-electron chi connectivity index (χ2n) is 3.75. The molecule has 0 heterocycles. The van der Waals surface area contributed by atoms with Crippen molar-refractivity contribution in [1.82, 2.24) is 0 Å². The summed E-state index contributed by atoms with van der Waals surface area (Å²) < 4.78 is 5.33. The van der Waals surface area contributed by atoms with Gasteiger partial charge in [-0.05, 0) is 31.0 Å². The first kappa shape index (κ1) is 12.5. The molecule has 1 aromatic carbocycles. The molecule has 0 fully saturated rings. The highest BCUT2D eigenvalue weighted by Gasteiger charge is 2.10. The van der Waals surface area contributed by atoms with Crippen LogP contribution in [0.1, 0.15) is 31.9 Å². The SMILES string of the molecule is CC[C@@H](N)c1ccc(OC(C)C(N)=O)cc1. The van der Waals surface area contributed by atoms with Gasteiger partial charge in [-0.3, -0.25) is 4.79 Å². The van der Waals surface area contributed by atoms with Crippen LogP contribution in [0.2, 0.25) is 0 Å². The van der Waals surface area contributed by atoms with Crippen LogP contribution in [0.15, 0.2) is 24.3 Å². The van der Waals surface area contributed by atoms with Crippen LogP contribution in [0.25, 0.3) is 0 Å². The Morgan fingerprint density at radius 2 is 1.94 bits per heavy atom. The van der Waals surface area contributed by atoms with Crippen LogP contribution < -0.4 is 16.2 Å². The quantitative estimate of drug-likeness (QED) is 0.789. The van der Waals surface area contributed by atoms with Crippen molar-refractivity contribution in [1.29, 1.82) is 0 Å². The zero-order chi connectivity index (χ0) is 12.1. The smallest absolute Gasteiger partial charge is 0.258 e. The van der Waals surface area contributed by atoms with Gasteiger partial charge in [0.1, 0.15) is 5.75 Å². The third-order valence-corrected chi connectivity index (χ3v) is 2.46. The Balaban J connectivity index is 2.68. The summed E-state index contributed by atoms with van der Waals surface area (Å²) in [6.07, 6.45) is 0.267. The number of ether oxygens (including phenoxy) is 1. The summed E-state index contributed by atoms with van der Waals surface area (Å²) in [5.41, 5.74) is 12.0. The normalized spacial score (nSPS) is 14.2. The van der Waals surface area contributed by atoms with Gasteiger partial charge in [-0.1, -0.05) is 19.1 Å². The lowest BCUT2D eigenvalue weighted by Gasteiger charge is -2.13. The summed E-state index contributed by atoms with van der Waals surface area (Å²) in [7, 11) is 0. The predicted octanol–water partition coefficient (Wildman–Crippen LogP) is 1.35. The van der Waals surface area contributed by atoms with Crippen LogP contribution in [-0.2, 0) is 4.79 Å². The van der Waals surface area contributed by atoms with Gasteiger partial charge < -0.3 is 16.2 Å². The number of rotatable bonds is 5. The Hall–Kier alpha value is -1.55. The first-order valence-electron chi connectivity index (χ1n) is 5.36. The molecule has 1 aromatic rings. The lowest BCUT2D eigenvalue weighted by molar-refractivity contribution is -0.123. The minimum absolute atomic E-state index is 0.0441. The van der Waals surface area contributed by atoms with Gasteiger partial charge in [-0.25, -0.2) is 0 Å². The fraction of sp³-hybridized carbons (Fsp3) is 0.417. The van der Waals surface area contributed by atoms with Crippen LogP contribution >= 0.6 is 0 Å². The molecule has 1 rings (SSSR count). The molecule has 4 N–H and O–H groups in total. The second kappa shape index (κ2) is 5.51. The van der Waals surface area contributed by atoms with Crippen molar-refractivity contribution in [2.24, 2.45) is 11.5 Å². The second-order valence-corrected chi connectivity index (χ2v) is 3.75. The van der Waals surface area contributed by atoms with E-state index in [0.717, 1.165) is 12.0 Å². The molecule has 0 saturated carbocycles. The number of hydrogen-bond acceptors (Lipinski definition) is 3. The lowest BCUT2D eigenvalue weighted by Crippen LogP contribution is -2.30. The average molecular weight is 222 g/mol. The van der Waals surface area contributed by atoms with Gasteiger partial charge in [-0.15, -0.1) is 0 Å². The molecule has 0 saturated heterocycles. The fourth-order valence-corrected chi connectivity index (χ4v) is 1.29. The molecule has 0 aromatic heterocycles. The van der Waals surface area contributed by atoms with E-state index in [2.05, 4.69) is 0 Å². The Kier molecular flexibility index (Phi) is 4.31. The molecule has 88 valence electrons. The van der Waals surface area contributed by atoms with E-state index in [0.29, 0.717) is 5.75 Å². The monoisotopic (exact) mass is 222 g/mol. The van der Waals surface area contributed by atoms with Crippen molar-refractivity contribution in [3.63, 3.8) is 0 Å². The first-order valence-corrected chi connectivity index (χ1v) is 5.36. The number of carbonyl (C=O) groups is 1. The number of amides is 1. The van der Waals surface area contributed by atoms with Crippen molar-refractivity contribution >= 4 is 5.91 Å². The Labute approximate surface area is 95.6 Å². The molecule has 0 bridgehead atoms. The molecule has 0 aliphatic rings. The minimum Gasteiger partial charge on any atom is -0.481 e. The van der Waals surface area contributed by atoms with Gasteiger partial charge in [0, 0.05) is 6.04 Å². The van der Waals surface area contributed by atoms with Gasteiger partial charge >= 0.3 is 0 Å². The molecule has 1 amide bonds. The predicted molar refractivity (Wildman–Crippen MR) is 62.9 cm³/mol. The molecular weight excluding hydrogens is 204 g/mol. The number of hydrogen-bond donors (Lipinski definition) is 2. The van der Waals surface area contributed by atoms with Crippen molar-refractivity contribution in [2.75, 3.05) is 0 Å². The van der Waals surface area contributed by atoms with E-state index in [1.807, 2.05) is 19.1 Å². The third-order valence-electron chi connectivity index (χ3n) is 2.46. The molecular formula is C12H18N2O2. The molecule has 4 heteroatoms. The van der Waals surface area contributed by atoms with Crippen molar-refractivity contribution in [3.8, 4) is 5.75 Å². The van der Waals surface area contributed by atoms with Crippen molar-refractivity contribution < 1.29 is 9.53 Å². The third kappa shape index (κ3) is 3.24. The van der Waals surface area contributed by atoms with Crippen LogP contribution in [-0.4, -0.2) is 12.0 Å². The van der Waals surface area contributed by atoms with Gasteiger partial charge in [-0.2, -0.15) is 0 Å². The summed E-state index contributed by atoms with van der Waals surface area (Å²) in [4.78, 5) is 10.8. The molecule has 16 heavy (non-hydrogen) atoms. The van der Waals surface area contributed by atoms with Gasteiger partial charge in [0.25, 0.3) is 5.91 Å². The van der Waals surface area contributed by atoms with Crippen LogP contribution in [0.5, 0.6) is 5.75 Å². The van der Waals surface area contributed by atoms with Gasteiger partial charge in [0.05, 0.1) is 0 Å². The van der Waals surface area contributed by atoms with E-state index in [9.17, 15) is 4.79 Å². The van der Waals surface area contributed by atoms with E-state index in [-0.39, 0.29) is 6.04 Å². The zero-order valence-corrected chi connectivity index (χ0v) is 9.64. The van der Waals surface area contributed by atoms with Crippen LogP contribution in [0.3, 0.4) is 0 Å². The Morgan fingerprint density at radius 1 is 1.38 bits per heavy atom. The van der Waals surface area contributed by atoms with Gasteiger partial charge in [0.15, 0.2) is 6.10 Å². The first-order chi connectivity index (χ1) is 7.54. The topological polar surface area (TPSA) is 78.3 Å². The highest BCUT2D eigenvalue weighted by molar-refractivity contribution is 5.78. The number of nitrogens with two attached hydrogens (primary N) is 2. The minimum atomic E-state index is -0.620. The molecule has 1 unspecified atom stereocenters. The summed E-state index contributed by atoms with van der Waals surface area (Å²) in [6, 6.07) is 7.44. The summed E-state index contributed by atoms with van der Waals surface area (Å²) in [5, 5.41) is 0. The maximum Gasteiger partial charge on any atom is 0.258 e. The number of primary amides is 1. The highest BCUT2D eigenvalue weighted by Crippen LogP contribution is 2.18. The summed E-state index contributed by atoms with van der Waals surface area (Å²) in [5.74, 6) is 0.146. The van der Waals surface area contributed by atoms with E-state index in [1.54, 1.807) is 19.1 Å². The fourth-order valence-electron chi connectivity index (χ4n) is 1.29. The average Bonchev–Trinajstić information content (AvgIpc) is 2.28. The van der Waals surface area contributed by atoms with Crippen LogP contribution in [0.4, 0.5) is 0 Å². The van der Waals surface area contributed by atoms with Crippen molar-refractivity contribution in [2.45, 2.75) is 32.4 Å². The van der Waals surface area contributed by atoms with Gasteiger partial charge in [0.2, 0.25) is 0 Å². The Bertz CT molecular complexity index is 349. The summed E-state index contributed by atoms with van der Waals surface area (Å²) in [6.45, 7) is 3.65. The van der Waals surface area contributed by atoms with Crippen LogP contribution in [0, 0.1) is 0 Å². The molecule has 0 aliphatic carbocycles. The largest absolute Gasteiger partial charge is 0.481 e. The Morgan fingerprint density at radius 3 is 2.38 bits per heavy atom. The maximum atomic E-state index is 10.8. The standard InChI is InChI=1S/C12H18N2O2/c1-3-11(13)9-4-6-10(7-5-9)16-8(2)12(14)15/h4-8,11H,3,13H2,1-2H3,(H2,14,15)/t8?,11-/m1/s1. The van der Waals surface area contributed by atoms with E-state index in [4.69, 9.17) is 16.2 Å². The van der Waals surface area contributed by atoms with E-state index >= 15 is 0 Å². The molecule has 0 aliphatic heterocycles. The zero-order valence-electron chi connectivity index (χ0n) is 9.64. The van der Waals surface area contributed by atoms with Crippen molar-refractivity contribution in [3.05, 3.63) is 29.8 Å². The molecule has 0 spiro atoms.